The van der Waals surface area contributed by atoms with E-state index >= 15 is 0 Å². The highest BCUT2D eigenvalue weighted by molar-refractivity contribution is 5.97. The Kier molecular flexibility index (Phi) is 16.3. The van der Waals surface area contributed by atoms with Gasteiger partial charge in [0, 0.05) is 29.3 Å². The van der Waals surface area contributed by atoms with Crippen LogP contribution in [-0.4, -0.2) is 54.5 Å². The van der Waals surface area contributed by atoms with Crippen molar-refractivity contribution >= 4 is 18.0 Å². The second-order valence-corrected chi connectivity index (χ2v) is 12.3. The molecule has 1 unspecified atom stereocenters. The van der Waals surface area contributed by atoms with Crippen molar-refractivity contribution in [3.63, 3.8) is 0 Å². The first-order valence-corrected chi connectivity index (χ1v) is 16.5. The van der Waals surface area contributed by atoms with Crippen LogP contribution in [0.2, 0.25) is 0 Å². The van der Waals surface area contributed by atoms with Gasteiger partial charge in [-0.1, -0.05) is 59.3 Å². The standard InChI is InChI=1S/C36H54N2O7/c1-7-10-12-14-22-43-31-18-16-26(33(39)37-21-20-28(9-3)38-35(42)45-36(4,5)6)24-29(31)30-25-27(34(40)41)17-19-32(30)44-23-15-13-11-8-2/h16-19,24-25,28H,7-15,20-23H2,1-6H3,(H,37,39)(H,38,42)(H,40,41). The molecule has 2 amide bonds. The SMILES string of the molecule is CCCCCCOc1ccc(C(=O)O)cc1-c1cc(C(=O)NCCC(CC)NC(=O)OC(C)(C)C)ccc1OCCCCCC. The molecule has 0 saturated carbocycles. The highest BCUT2D eigenvalue weighted by atomic mass is 16.6. The molecule has 2 aromatic rings. The van der Waals surface area contributed by atoms with Crippen LogP contribution in [0, 0.1) is 0 Å². The lowest BCUT2D eigenvalue weighted by Crippen LogP contribution is -2.40. The molecule has 3 N–H and O–H groups in total. The lowest BCUT2D eigenvalue weighted by molar-refractivity contribution is 0.0500. The molecule has 0 aliphatic carbocycles. The fourth-order valence-electron chi connectivity index (χ4n) is 4.74. The van der Waals surface area contributed by atoms with E-state index in [1.54, 1.807) is 30.3 Å². The summed E-state index contributed by atoms with van der Waals surface area (Å²) in [4.78, 5) is 37.4. The molecule has 0 aliphatic rings. The Morgan fingerprint density at radius 2 is 1.31 bits per heavy atom. The lowest BCUT2D eigenvalue weighted by atomic mass is 9.98. The minimum atomic E-state index is -1.05. The number of carboxylic acids is 1. The van der Waals surface area contributed by atoms with E-state index in [1.165, 1.54) is 6.07 Å². The van der Waals surface area contributed by atoms with Crippen molar-refractivity contribution in [2.75, 3.05) is 19.8 Å². The van der Waals surface area contributed by atoms with Crippen LogP contribution >= 0.6 is 0 Å². The van der Waals surface area contributed by atoms with Gasteiger partial charge in [0.15, 0.2) is 0 Å². The van der Waals surface area contributed by atoms with E-state index in [9.17, 15) is 19.5 Å². The Bertz CT molecular complexity index is 1220. The summed E-state index contributed by atoms with van der Waals surface area (Å²) in [6.45, 7) is 13.1. The average molecular weight is 627 g/mol. The van der Waals surface area contributed by atoms with E-state index in [4.69, 9.17) is 14.2 Å². The molecule has 0 radical (unpaired) electrons. The molecule has 0 saturated heterocycles. The van der Waals surface area contributed by atoms with E-state index in [2.05, 4.69) is 24.5 Å². The van der Waals surface area contributed by atoms with Crippen LogP contribution in [0.25, 0.3) is 11.1 Å². The van der Waals surface area contributed by atoms with Crippen molar-refractivity contribution in [1.29, 1.82) is 0 Å². The Labute approximate surface area is 269 Å². The highest BCUT2D eigenvalue weighted by Crippen LogP contribution is 2.38. The summed E-state index contributed by atoms with van der Waals surface area (Å²) in [5, 5.41) is 15.6. The predicted octanol–water partition coefficient (Wildman–Crippen LogP) is 8.39. The first kappa shape index (κ1) is 37.4. The molecule has 0 heterocycles. The van der Waals surface area contributed by atoms with E-state index < -0.39 is 17.7 Å². The molecule has 45 heavy (non-hydrogen) atoms. The summed E-state index contributed by atoms with van der Waals surface area (Å²) in [7, 11) is 0. The predicted molar refractivity (Wildman–Crippen MR) is 179 cm³/mol. The normalized spacial score (nSPS) is 11.9. The quantitative estimate of drug-likeness (QED) is 0.126. The van der Waals surface area contributed by atoms with Crippen LogP contribution in [0.3, 0.4) is 0 Å². The van der Waals surface area contributed by atoms with Crippen molar-refractivity contribution in [2.24, 2.45) is 0 Å². The van der Waals surface area contributed by atoms with Gasteiger partial charge in [-0.3, -0.25) is 4.79 Å². The number of carboxylic acid groups (broad SMARTS) is 1. The fraction of sp³-hybridized carbons (Fsp3) is 0.583. The summed E-state index contributed by atoms with van der Waals surface area (Å²) in [5.74, 6) is -0.223. The summed E-state index contributed by atoms with van der Waals surface area (Å²) in [6, 6.07) is 9.85. The average Bonchev–Trinajstić information content (AvgIpc) is 2.99. The molecule has 2 rings (SSSR count). The minimum Gasteiger partial charge on any atom is -0.493 e. The summed E-state index contributed by atoms with van der Waals surface area (Å²) < 4.78 is 17.7. The fourth-order valence-corrected chi connectivity index (χ4v) is 4.74. The van der Waals surface area contributed by atoms with E-state index in [-0.39, 0.29) is 17.5 Å². The van der Waals surface area contributed by atoms with Crippen LogP contribution < -0.4 is 20.1 Å². The molecule has 9 nitrogen and oxygen atoms in total. The lowest BCUT2D eigenvalue weighted by Gasteiger charge is -2.23. The third kappa shape index (κ3) is 13.8. The molecule has 0 spiro atoms. The molecular formula is C36H54N2O7. The number of nitrogens with one attached hydrogen (secondary N) is 2. The zero-order valence-electron chi connectivity index (χ0n) is 28.1. The Balaban J connectivity index is 2.30. The number of amides is 2. The van der Waals surface area contributed by atoms with Crippen LogP contribution in [0.4, 0.5) is 4.79 Å². The van der Waals surface area contributed by atoms with Crippen molar-refractivity contribution in [3.8, 4) is 22.6 Å². The van der Waals surface area contributed by atoms with Crippen molar-refractivity contribution in [3.05, 3.63) is 47.5 Å². The van der Waals surface area contributed by atoms with Gasteiger partial charge in [-0.05, 0) is 82.9 Å². The second kappa shape index (κ2) is 19.6. The van der Waals surface area contributed by atoms with Gasteiger partial charge in [-0.25, -0.2) is 9.59 Å². The number of unbranched alkanes of at least 4 members (excludes halogenated alkanes) is 6. The van der Waals surface area contributed by atoms with Gasteiger partial charge in [-0.2, -0.15) is 0 Å². The first-order valence-electron chi connectivity index (χ1n) is 16.5. The summed E-state index contributed by atoms with van der Waals surface area (Å²) in [6.07, 6.45) is 9.09. The van der Waals surface area contributed by atoms with Crippen molar-refractivity contribution in [2.45, 2.75) is 117 Å². The van der Waals surface area contributed by atoms with Gasteiger partial charge < -0.3 is 30.0 Å². The molecule has 0 fully saturated rings. The maximum atomic E-state index is 13.3. The van der Waals surface area contributed by atoms with Gasteiger partial charge in [-0.15, -0.1) is 0 Å². The largest absolute Gasteiger partial charge is 0.493 e. The van der Waals surface area contributed by atoms with E-state index in [1.807, 2.05) is 27.7 Å². The number of carbonyl (C=O) groups is 3. The molecular weight excluding hydrogens is 572 g/mol. The second-order valence-electron chi connectivity index (χ2n) is 12.3. The number of benzene rings is 2. The van der Waals surface area contributed by atoms with Crippen LogP contribution in [-0.2, 0) is 4.74 Å². The highest BCUT2D eigenvalue weighted by Gasteiger charge is 2.20. The van der Waals surface area contributed by atoms with Gasteiger partial charge in [0.05, 0.1) is 18.8 Å². The molecule has 1 atom stereocenters. The van der Waals surface area contributed by atoms with Gasteiger partial charge in [0.2, 0.25) is 0 Å². The van der Waals surface area contributed by atoms with Crippen molar-refractivity contribution in [1.82, 2.24) is 10.6 Å². The molecule has 2 aromatic carbocycles. The van der Waals surface area contributed by atoms with Crippen LogP contribution in [0.5, 0.6) is 11.5 Å². The number of aromatic carboxylic acids is 1. The molecule has 0 aliphatic heterocycles. The number of hydrogen-bond donors (Lipinski definition) is 3. The van der Waals surface area contributed by atoms with Gasteiger partial charge >= 0.3 is 12.1 Å². The third-order valence-electron chi connectivity index (χ3n) is 7.26. The number of hydrogen-bond acceptors (Lipinski definition) is 6. The van der Waals surface area contributed by atoms with Gasteiger partial charge in [0.1, 0.15) is 17.1 Å². The maximum Gasteiger partial charge on any atom is 0.407 e. The molecule has 0 aromatic heterocycles. The number of rotatable bonds is 20. The monoisotopic (exact) mass is 626 g/mol. The van der Waals surface area contributed by atoms with Crippen molar-refractivity contribution < 1.29 is 33.7 Å². The smallest absolute Gasteiger partial charge is 0.407 e. The number of alkyl carbamates (subject to hydrolysis) is 1. The van der Waals surface area contributed by atoms with Crippen LogP contribution in [0.1, 0.15) is 126 Å². The zero-order valence-corrected chi connectivity index (χ0v) is 28.1. The van der Waals surface area contributed by atoms with Crippen LogP contribution in [0.15, 0.2) is 36.4 Å². The maximum absolute atomic E-state index is 13.3. The Morgan fingerprint density at radius 1 is 0.778 bits per heavy atom. The Hall–Kier alpha value is -3.75. The van der Waals surface area contributed by atoms with E-state index in [0.29, 0.717) is 60.8 Å². The Morgan fingerprint density at radius 3 is 1.80 bits per heavy atom. The number of carbonyl (C=O) groups excluding carboxylic acids is 2. The topological polar surface area (TPSA) is 123 Å². The summed E-state index contributed by atoms with van der Waals surface area (Å²) in [5.41, 5.74) is 1.10. The number of ether oxygens (including phenoxy) is 3. The first-order chi connectivity index (χ1) is 21.5. The van der Waals surface area contributed by atoms with Gasteiger partial charge in [0.25, 0.3) is 5.91 Å². The van der Waals surface area contributed by atoms with E-state index in [0.717, 1.165) is 51.4 Å². The molecule has 0 bridgehead atoms. The minimum absolute atomic E-state index is 0.121. The molecule has 250 valence electrons. The zero-order chi connectivity index (χ0) is 33.2. The molecule has 9 heteroatoms. The summed E-state index contributed by atoms with van der Waals surface area (Å²) >= 11 is 0. The third-order valence-corrected chi connectivity index (χ3v) is 7.26.